The van der Waals surface area contributed by atoms with E-state index in [-0.39, 0.29) is 0 Å². The molecule has 34 heavy (non-hydrogen) atoms. The van der Waals surface area contributed by atoms with E-state index in [4.69, 9.17) is 5.21 Å². The maximum atomic E-state index is 11.3. The van der Waals surface area contributed by atoms with E-state index in [0.717, 1.165) is 38.0 Å². The van der Waals surface area contributed by atoms with Gasteiger partial charge in [0.1, 0.15) is 0 Å². The number of nitrogens with zero attached hydrogens (tertiary/aromatic N) is 2. The maximum Gasteiger partial charge on any atom is 0.267 e. The van der Waals surface area contributed by atoms with Crippen molar-refractivity contribution in [2.24, 2.45) is 0 Å². The molecule has 0 saturated carbocycles. The molecular weight excluding hydrogens is 424 g/mol. The number of amides is 1. The first kappa shape index (κ1) is 22.2. The third-order valence-corrected chi connectivity index (χ3v) is 6.84. The molecule has 0 fully saturated rings. The van der Waals surface area contributed by atoms with Gasteiger partial charge in [0, 0.05) is 60.7 Å². The summed E-state index contributed by atoms with van der Waals surface area (Å²) in [7, 11) is 0. The predicted molar refractivity (Wildman–Crippen MR) is 134 cm³/mol. The highest BCUT2D eigenvalue weighted by Crippen LogP contribution is 2.37. The van der Waals surface area contributed by atoms with Gasteiger partial charge in [-0.2, -0.15) is 0 Å². The van der Waals surface area contributed by atoms with E-state index in [1.54, 1.807) is 11.6 Å². The molecule has 4 aromatic rings. The van der Waals surface area contributed by atoms with Crippen molar-refractivity contribution < 1.29 is 10.0 Å². The lowest BCUT2D eigenvalue weighted by Gasteiger charge is -2.29. The third kappa shape index (κ3) is 4.55. The lowest BCUT2D eigenvalue weighted by atomic mass is 10.0. The third-order valence-electron chi connectivity index (χ3n) is 6.84. The van der Waals surface area contributed by atoms with Crippen molar-refractivity contribution in [2.75, 3.05) is 6.54 Å². The minimum absolute atomic E-state index is 0.347. The number of carbonyl (C=O) groups is 1. The number of aromatic nitrogens is 2. The Morgan fingerprint density at radius 1 is 1.24 bits per heavy atom. The van der Waals surface area contributed by atoms with Crippen LogP contribution in [0.5, 0.6) is 0 Å². The van der Waals surface area contributed by atoms with Gasteiger partial charge in [-0.15, -0.1) is 0 Å². The molecule has 1 aliphatic carbocycles. The zero-order chi connectivity index (χ0) is 23.5. The second kappa shape index (κ2) is 9.71. The van der Waals surface area contributed by atoms with Gasteiger partial charge in [-0.3, -0.25) is 14.9 Å². The van der Waals surface area contributed by atoms with E-state index < -0.39 is 5.91 Å². The highest BCUT2D eigenvalue weighted by molar-refractivity contribution is 5.90. The molecule has 1 aliphatic rings. The summed E-state index contributed by atoms with van der Waals surface area (Å²) in [6.07, 6.45) is 9.41. The number of hydrogen-bond acceptors (Lipinski definition) is 3. The highest BCUT2D eigenvalue weighted by Gasteiger charge is 2.28. The summed E-state index contributed by atoms with van der Waals surface area (Å²) in [6.45, 7) is 4.92. The van der Waals surface area contributed by atoms with E-state index in [1.807, 2.05) is 12.3 Å². The number of fused-ring (bicyclic) bond motifs is 2. The fourth-order valence-corrected chi connectivity index (χ4v) is 5.19. The van der Waals surface area contributed by atoms with Crippen LogP contribution in [0.25, 0.3) is 17.0 Å². The van der Waals surface area contributed by atoms with E-state index in [0.29, 0.717) is 6.04 Å². The van der Waals surface area contributed by atoms with E-state index >= 15 is 0 Å². The number of nitrogens with one attached hydrogen (secondary N) is 2. The molecule has 2 aromatic carbocycles. The second-order valence-corrected chi connectivity index (χ2v) is 9.01. The molecule has 2 heterocycles. The van der Waals surface area contributed by atoms with E-state index in [2.05, 4.69) is 76.1 Å². The van der Waals surface area contributed by atoms with Crippen molar-refractivity contribution in [1.82, 2.24) is 19.9 Å². The number of hydrogen-bond donors (Lipinski definition) is 3. The summed E-state index contributed by atoms with van der Waals surface area (Å²) in [4.78, 5) is 17.3. The average molecular weight is 455 g/mol. The number of carbonyl (C=O) groups excluding carboxylic acids is 1. The summed E-state index contributed by atoms with van der Waals surface area (Å²) in [5.41, 5.74) is 9.11. The predicted octanol–water partition coefficient (Wildman–Crippen LogP) is 4.99. The number of benzene rings is 2. The van der Waals surface area contributed by atoms with Crippen molar-refractivity contribution in [3.8, 4) is 0 Å². The molecule has 2 aromatic heterocycles. The fourth-order valence-electron chi connectivity index (χ4n) is 5.19. The topological polar surface area (TPSA) is 73.3 Å². The van der Waals surface area contributed by atoms with Gasteiger partial charge in [-0.25, -0.2) is 5.48 Å². The van der Waals surface area contributed by atoms with Gasteiger partial charge in [0.15, 0.2) is 0 Å². The number of aromatic amines is 1. The van der Waals surface area contributed by atoms with Gasteiger partial charge in [0.05, 0.1) is 0 Å². The van der Waals surface area contributed by atoms with Crippen LogP contribution in [0.4, 0.5) is 0 Å². The quantitative estimate of drug-likeness (QED) is 0.200. The summed E-state index contributed by atoms with van der Waals surface area (Å²) in [6, 6.07) is 19.6. The Hall–Kier alpha value is -3.61. The van der Waals surface area contributed by atoms with Gasteiger partial charge in [0.2, 0.25) is 0 Å². The molecule has 0 spiro atoms. The summed E-state index contributed by atoms with van der Waals surface area (Å²) in [5, 5.41) is 10.0. The molecule has 5 rings (SSSR count). The Labute approximate surface area is 199 Å². The Bertz CT molecular complexity index is 1320. The Kier molecular flexibility index (Phi) is 6.34. The van der Waals surface area contributed by atoms with Crippen LogP contribution >= 0.6 is 0 Å². The normalized spacial score (nSPS) is 15.4. The Morgan fingerprint density at radius 3 is 2.94 bits per heavy atom. The van der Waals surface area contributed by atoms with E-state index in [9.17, 15) is 4.79 Å². The summed E-state index contributed by atoms with van der Waals surface area (Å²) in [5.74, 6) is -0.525. The SMILES string of the molecule is Cc1cn(CCN(Cc2ccc[nH]2)C2CCc3cc(/C=C/C(=O)NO)ccc32)c2ccccc12. The first-order valence-corrected chi connectivity index (χ1v) is 11.8. The van der Waals surface area contributed by atoms with Gasteiger partial charge >= 0.3 is 0 Å². The first-order valence-electron chi connectivity index (χ1n) is 11.8. The molecule has 6 nitrogen and oxygen atoms in total. The largest absolute Gasteiger partial charge is 0.364 e. The number of hydroxylamine groups is 1. The molecule has 1 amide bonds. The Morgan fingerprint density at radius 2 is 2.12 bits per heavy atom. The van der Waals surface area contributed by atoms with Crippen LogP contribution in [0.3, 0.4) is 0 Å². The zero-order valence-electron chi connectivity index (χ0n) is 19.4. The molecule has 0 bridgehead atoms. The lowest BCUT2D eigenvalue weighted by Crippen LogP contribution is -2.30. The van der Waals surface area contributed by atoms with E-state index in [1.165, 1.54) is 39.4 Å². The number of para-hydroxylation sites is 1. The second-order valence-electron chi connectivity index (χ2n) is 9.01. The molecule has 6 heteroatoms. The van der Waals surface area contributed by atoms with Crippen LogP contribution in [-0.4, -0.2) is 32.1 Å². The first-order chi connectivity index (χ1) is 16.6. The Balaban J connectivity index is 1.39. The molecule has 0 saturated heterocycles. The molecule has 174 valence electrons. The van der Waals surface area contributed by atoms with Gasteiger partial charge in [-0.1, -0.05) is 36.4 Å². The van der Waals surface area contributed by atoms with Crippen molar-refractivity contribution in [2.45, 2.75) is 38.9 Å². The van der Waals surface area contributed by atoms with Crippen LogP contribution in [0.15, 0.2) is 73.1 Å². The molecular formula is C28H30N4O2. The summed E-state index contributed by atoms with van der Waals surface area (Å²) >= 11 is 0. The van der Waals surface area contributed by atoms with Crippen molar-refractivity contribution in [3.05, 3.63) is 101 Å². The lowest BCUT2D eigenvalue weighted by molar-refractivity contribution is -0.124. The molecule has 1 atom stereocenters. The molecule has 0 aliphatic heterocycles. The van der Waals surface area contributed by atoms with Crippen molar-refractivity contribution >= 4 is 22.9 Å². The maximum absolute atomic E-state index is 11.3. The summed E-state index contributed by atoms with van der Waals surface area (Å²) < 4.78 is 2.38. The number of rotatable bonds is 8. The monoisotopic (exact) mass is 454 g/mol. The molecule has 3 N–H and O–H groups in total. The van der Waals surface area contributed by atoms with Gasteiger partial charge in [0.25, 0.3) is 5.91 Å². The minimum Gasteiger partial charge on any atom is -0.364 e. The van der Waals surface area contributed by atoms with Crippen molar-refractivity contribution in [1.29, 1.82) is 0 Å². The van der Waals surface area contributed by atoms with Crippen LogP contribution in [0, 0.1) is 6.92 Å². The molecule has 0 radical (unpaired) electrons. The van der Waals surface area contributed by atoms with Crippen LogP contribution < -0.4 is 5.48 Å². The smallest absolute Gasteiger partial charge is 0.267 e. The van der Waals surface area contributed by atoms with Gasteiger partial charge < -0.3 is 9.55 Å². The fraction of sp³-hybridized carbons (Fsp3) is 0.250. The van der Waals surface area contributed by atoms with Crippen molar-refractivity contribution in [3.63, 3.8) is 0 Å². The number of H-pyrrole nitrogens is 1. The standard InChI is InChI=1S/C28H30N4O2/c1-20-18-31(26-7-3-2-6-24(20)26)15-16-32(19-23-5-4-14-29-23)27-12-10-22-17-21(8-11-25(22)27)9-13-28(33)30-34/h2-9,11,13-14,17-18,27,29,34H,10,12,15-16,19H2,1H3,(H,30,33)/b13-9+. The average Bonchev–Trinajstić information content (AvgIpc) is 3.60. The minimum atomic E-state index is -0.525. The van der Waals surface area contributed by atoms with Crippen LogP contribution in [0.2, 0.25) is 0 Å². The van der Waals surface area contributed by atoms with Crippen LogP contribution in [0.1, 0.15) is 40.4 Å². The van der Waals surface area contributed by atoms with Crippen LogP contribution in [-0.2, 0) is 24.3 Å². The highest BCUT2D eigenvalue weighted by atomic mass is 16.5. The van der Waals surface area contributed by atoms with Gasteiger partial charge in [-0.05, 0) is 66.3 Å². The number of aryl methyl sites for hydroxylation is 2. The molecule has 1 unspecified atom stereocenters. The zero-order valence-corrected chi connectivity index (χ0v) is 19.4.